The van der Waals surface area contributed by atoms with Crippen molar-refractivity contribution in [1.82, 2.24) is 9.55 Å². The fourth-order valence-electron chi connectivity index (χ4n) is 5.95. The fourth-order valence-corrected chi connectivity index (χ4v) is 5.95. The Kier molecular flexibility index (Phi) is 7.53. The molecule has 188 valence electrons. The molecule has 2 heterocycles. The lowest BCUT2D eigenvalue weighted by Crippen LogP contribution is -2.48. The third-order valence-corrected chi connectivity index (χ3v) is 7.82. The Morgan fingerprint density at radius 3 is 2.31 bits per heavy atom. The summed E-state index contributed by atoms with van der Waals surface area (Å²) in [5.41, 5.74) is 11.7. The van der Waals surface area contributed by atoms with Gasteiger partial charge in [0.25, 0.3) is 0 Å². The number of carbonyl (C=O) groups is 1. The van der Waals surface area contributed by atoms with Crippen molar-refractivity contribution in [1.29, 1.82) is 0 Å². The molecular formula is C30H42N4O. The molecule has 1 aromatic carbocycles. The molecule has 0 saturated heterocycles. The van der Waals surface area contributed by atoms with E-state index in [2.05, 4.69) is 69.6 Å². The molecule has 0 bridgehead atoms. The Labute approximate surface area is 210 Å². The van der Waals surface area contributed by atoms with Crippen molar-refractivity contribution >= 4 is 22.8 Å². The molecule has 2 amide bonds. The number of urea groups is 1. The monoisotopic (exact) mass is 474 g/mol. The van der Waals surface area contributed by atoms with Crippen LogP contribution in [-0.2, 0) is 12.0 Å². The lowest BCUT2D eigenvalue weighted by molar-refractivity contribution is 0.245. The molecule has 1 aliphatic rings. The van der Waals surface area contributed by atoms with Gasteiger partial charge in [0, 0.05) is 17.8 Å². The zero-order chi connectivity index (χ0) is 25.2. The van der Waals surface area contributed by atoms with E-state index in [1.165, 1.54) is 22.1 Å². The van der Waals surface area contributed by atoms with Gasteiger partial charge in [-0.1, -0.05) is 72.1 Å². The zero-order valence-electron chi connectivity index (χ0n) is 22.2. The molecule has 5 nitrogen and oxygen atoms in total. The van der Waals surface area contributed by atoms with Crippen molar-refractivity contribution in [3.05, 3.63) is 59.4 Å². The SMILES string of the molecule is CCCCc1cn(C2(CN(C(N)=O)c3c(C(C)C)cccc3C(C)C)CCCC2)c2ncccc12. The van der Waals surface area contributed by atoms with E-state index in [9.17, 15) is 4.79 Å². The summed E-state index contributed by atoms with van der Waals surface area (Å²) in [5, 5.41) is 1.24. The summed E-state index contributed by atoms with van der Waals surface area (Å²) in [5.74, 6) is 0.583. The second kappa shape index (κ2) is 10.4. The Bertz CT molecular complexity index is 1140. The molecule has 1 fully saturated rings. The standard InChI is InChI=1S/C30H42N4O/c1-6-7-12-23-19-34(28-26(23)15-11-18-32-28)30(16-8-9-17-30)20-33(29(31)35)27-24(21(2)3)13-10-14-25(27)22(4)5/h10-11,13-15,18-19,21-22H,6-9,12,16-17,20H2,1-5H3,(H2,31,35). The smallest absolute Gasteiger partial charge is 0.319 e. The van der Waals surface area contributed by atoms with Crippen LogP contribution in [0.2, 0.25) is 0 Å². The summed E-state index contributed by atoms with van der Waals surface area (Å²) in [6.07, 6.45) is 11.9. The van der Waals surface area contributed by atoms with Gasteiger partial charge >= 0.3 is 6.03 Å². The number of para-hydroxylation sites is 1. The first kappa shape index (κ1) is 25.3. The predicted molar refractivity (Wildman–Crippen MR) is 146 cm³/mol. The number of amides is 2. The summed E-state index contributed by atoms with van der Waals surface area (Å²) in [7, 11) is 0. The number of hydrogen-bond acceptors (Lipinski definition) is 2. The average Bonchev–Trinajstić information content (AvgIpc) is 3.46. The van der Waals surface area contributed by atoms with Crippen LogP contribution in [0.15, 0.2) is 42.7 Å². The number of hydrogen-bond donors (Lipinski definition) is 1. The van der Waals surface area contributed by atoms with Gasteiger partial charge in [-0.3, -0.25) is 4.90 Å². The number of unbranched alkanes of at least 4 members (excludes halogenated alkanes) is 1. The van der Waals surface area contributed by atoms with E-state index >= 15 is 0 Å². The van der Waals surface area contributed by atoms with Crippen molar-refractivity contribution in [2.45, 2.75) is 96.9 Å². The number of nitrogens with zero attached hydrogens (tertiary/aromatic N) is 3. The normalized spacial score (nSPS) is 15.4. The molecule has 3 aromatic rings. The first-order valence-corrected chi connectivity index (χ1v) is 13.4. The minimum Gasteiger partial charge on any atom is -0.351 e. The minimum atomic E-state index is -0.373. The number of fused-ring (bicyclic) bond motifs is 1. The van der Waals surface area contributed by atoms with E-state index in [4.69, 9.17) is 10.7 Å². The van der Waals surface area contributed by atoms with Crippen LogP contribution in [0.4, 0.5) is 10.5 Å². The highest BCUT2D eigenvalue weighted by Gasteiger charge is 2.41. The molecule has 1 aliphatic carbocycles. The van der Waals surface area contributed by atoms with Crippen molar-refractivity contribution in [3.8, 4) is 0 Å². The molecule has 2 aromatic heterocycles. The van der Waals surface area contributed by atoms with Crippen LogP contribution in [0.25, 0.3) is 11.0 Å². The van der Waals surface area contributed by atoms with Crippen molar-refractivity contribution in [2.24, 2.45) is 5.73 Å². The highest BCUT2D eigenvalue weighted by atomic mass is 16.2. The van der Waals surface area contributed by atoms with Gasteiger partial charge in [-0.25, -0.2) is 9.78 Å². The molecule has 35 heavy (non-hydrogen) atoms. The zero-order valence-corrected chi connectivity index (χ0v) is 22.2. The topological polar surface area (TPSA) is 64.2 Å². The van der Waals surface area contributed by atoms with Crippen LogP contribution in [0.1, 0.15) is 102 Å². The lowest BCUT2D eigenvalue weighted by Gasteiger charge is -2.38. The third kappa shape index (κ3) is 4.82. The Morgan fingerprint density at radius 2 is 1.74 bits per heavy atom. The molecule has 2 N–H and O–H groups in total. The van der Waals surface area contributed by atoms with E-state index in [1.54, 1.807) is 0 Å². The van der Waals surface area contributed by atoms with Gasteiger partial charge < -0.3 is 10.3 Å². The quantitative estimate of drug-likeness (QED) is 0.349. The van der Waals surface area contributed by atoms with Crippen LogP contribution >= 0.6 is 0 Å². The van der Waals surface area contributed by atoms with Crippen LogP contribution < -0.4 is 10.6 Å². The van der Waals surface area contributed by atoms with Crippen molar-refractivity contribution in [2.75, 3.05) is 11.4 Å². The molecule has 0 spiro atoms. The van der Waals surface area contributed by atoms with Gasteiger partial charge in [0.15, 0.2) is 0 Å². The number of pyridine rings is 1. The third-order valence-electron chi connectivity index (χ3n) is 7.82. The number of anilines is 1. The Morgan fingerprint density at radius 1 is 1.09 bits per heavy atom. The van der Waals surface area contributed by atoms with Gasteiger partial charge in [0.1, 0.15) is 5.65 Å². The van der Waals surface area contributed by atoms with Crippen LogP contribution in [0.5, 0.6) is 0 Å². The van der Waals surface area contributed by atoms with E-state index in [0.29, 0.717) is 18.4 Å². The Balaban J connectivity index is 1.87. The number of benzene rings is 1. The van der Waals surface area contributed by atoms with Gasteiger partial charge in [0.05, 0.1) is 17.8 Å². The molecule has 0 unspecified atom stereocenters. The molecule has 0 atom stereocenters. The van der Waals surface area contributed by atoms with Crippen LogP contribution in [0, 0.1) is 0 Å². The maximum atomic E-state index is 13.1. The lowest BCUT2D eigenvalue weighted by atomic mass is 9.90. The van der Waals surface area contributed by atoms with Gasteiger partial charge in [0.2, 0.25) is 0 Å². The maximum absolute atomic E-state index is 13.1. The molecule has 5 heteroatoms. The highest BCUT2D eigenvalue weighted by molar-refractivity contribution is 5.93. The van der Waals surface area contributed by atoms with Gasteiger partial charge in [-0.15, -0.1) is 0 Å². The number of aromatic nitrogens is 2. The largest absolute Gasteiger partial charge is 0.351 e. The summed E-state index contributed by atoms with van der Waals surface area (Å²) < 4.78 is 2.41. The number of nitrogens with two attached hydrogens (primary N) is 1. The fraction of sp³-hybridized carbons (Fsp3) is 0.533. The number of primary amides is 1. The van der Waals surface area contributed by atoms with Crippen LogP contribution in [0.3, 0.4) is 0 Å². The van der Waals surface area contributed by atoms with Gasteiger partial charge in [-0.2, -0.15) is 0 Å². The first-order chi connectivity index (χ1) is 16.8. The number of carbonyl (C=O) groups excluding carboxylic acids is 1. The number of aryl methyl sites for hydroxylation is 1. The van der Waals surface area contributed by atoms with Crippen molar-refractivity contribution < 1.29 is 4.79 Å². The summed E-state index contributed by atoms with van der Waals surface area (Å²) in [6.45, 7) is 11.6. The van der Waals surface area contributed by atoms with E-state index in [1.807, 2.05) is 17.2 Å². The maximum Gasteiger partial charge on any atom is 0.319 e. The molecular weight excluding hydrogens is 432 g/mol. The summed E-state index contributed by atoms with van der Waals surface area (Å²) in [4.78, 5) is 19.9. The van der Waals surface area contributed by atoms with Crippen LogP contribution in [-0.4, -0.2) is 22.1 Å². The average molecular weight is 475 g/mol. The van der Waals surface area contributed by atoms with E-state index in [-0.39, 0.29) is 11.6 Å². The Hall–Kier alpha value is -2.82. The number of rotatable bonds is 9. The summed E-state index contributed by atoms with van der Waals surface area (Å²) >= 11 is 0. The van der Waals surface area contributed by atoms with E-state index in [0.717, 1.165) is 56.3 Å². The molecule has 0 aliphatic heterocycles. The molecule has 0 radical (unpaired) electrons. The predicted octanol–water partition coefficient (Wildman–Crippen LogP) is 7.48. The highest BCUT2D eigenvalue weighted by Crippen LogP contribution is 2.43. The molecule has 1 saturated carbocycles. The second-order valence-electron chi connectivity index (χ2n) is 11.0. The van der Waals surface area contributed by atoms with Gasteiger partial charge in [-0.05, 0) is 66.3 Å². The minimum absolute atomic E-state index is 0.218. The van der Waals surface area contributed by atoms with E-state index < -0.39 is 0 Å². The first-order valence-electron chi connectivity index (χ1n) is 13.4. The second-order valence-corrected chi connectivity index (χ2v) is 11.0. The molecule has 4 rings (SSSR count). The summed E-state index contributed by atoms with van der Waals surface area (Å²) in [6, 6.07) is 10.3. The van der Waals surface area contributed by atoms with Crippen molar-refractivity contribution in [3.63, 3.8) is 0 Å².